The molecule has 0 saturated carbocycles. The fourth-order valence-corrected chi connectivity index (χ4v) is 3.35. The topological polar surface area (TPSA) is 128 Å². The molecule has 0 bridgehead atoms. The lowest BCUT2D eigenvalue weighted by Gasteiger charge is -2.24. The normalized spacial score (nSPS) is 11.3. The Balaban J connectivity index is 1.96. The number of amides is 1. The molecule has 0 aliphatic rings. The summed E-state index contributed by atoms with van der Waals surface area (Å²) in [6, 6.07) is 7.54. The molecular weight excluding hydrogens is 406 g/mol. The number of carbonyl (C=O) groups is 1. The van der Waals surface area contributed by atoms with Crippen LogP contribution in [0.4, 0.5) is 11.6 Å². The summed E-state index contributed by atoms with van der Waals surface area (Å²) in [7, 11) is 0. The van der Waals surface area contributed by atoms with Gasteiger partial charge in [-0.2, -0.15) is 0 Å². The summed E-state index contributed by atoms with van der Waals surface area (Å²) in [5, 5.41) is 5.93. The van der Waals surface area contributed by atoms with Crippen molar-refractivity contribution in [1.82, 2.24) is 24.8 Å². The number of aromatic nitrogens is 4. The number of pyridine rings is 2. The Morgan fingerprint density at radius 2 is 1.97 bits per heavy atom. The highest BCUT2D eigenvalue weighted by molar-refractivity contribution is 5.73. The molecule has 1 amide bonds. The van der Waals surface area contributed by atoms with E-state index in [-0.39, 0.29) is 28.5 Å². The largest absolute Gasteiger partial charge is 0.382 e. The molecule has 0 atom stereocenters. The zero-order valence-corrected chi connectivity index (χ0v) is 19.1. The van der Waals surface area contributed by atoms with Gasteiger partial charge in [0.25, 0.3) is 5.56 Å². The molecule has 4 N–H and O–H groups in total. The van der Waals surface area contributed by atoms with Crippen molar-refractivity contribution in [3.05, 3.63) is 69.7 Å². The first-order valence-corrected chi connectivity index (χ1v) is 10.3. The second-order valence-corrected chi connectivity index (χ2v) is 8.39. The summed E-state index contributed by atoms with van der Waals surface area (Å²) in [5.41, 5.74) is 8.98. The van der Waals surface area contributed by atoms with E-state index in [2.05, 4.69) is 25.6 Å². The molecule has 3 rings (SSSR count). The van der Waals surface area contributed by atoms with Crippen molar-refractivity contribution in [2.45, 2.75) is 46.6 Å². The van der Waals surface area contributed by atoms with E-state index in [4.69, 9.17) is 5.73 Å². The van der Waals surface area contributed by atoms with E-state index in [9.17, 15) is 9.59 Å². The van der Waals surface area contributed by atoms with Gasteiger partial charge in [-0.15, -0.1) is 0 Å². The van der Waals surface area contributed by atoms with Crippen molar-refractivity contribution in [3.63, 3.8) is 0 Å². The van der Waals surface area contributed by atoms with Crippen LogP contribution in [0.15, 0.2) is 41.5 Å². The van der Waals surface area contributed by atoms with Crippen LogP contribution in [0.1, 0.15) is 43.4 Å². The fourth-order valence-electron chi connectivity index (χ4n) is 3.35. The van der Waals surface area contributed by atoms with Crippen molar-refractivity contribution in [1.29, 1.82) is 0 Å². The molecule has 168 valence electrons. The minimum absolute atomic E-state index is 0.151. The Bertz CT molecular complexity index is 1190. The van der Waals surface area contributed by atoms with Crippen LogP contribution in [-0.4, -0.2) is 32.0 Å². The van der Waals surface area contributed by atoms with E-state index in [0.29, 0.717) is 30.2 Å². The first-order chi connectivity index (χ1) is 15.1. The quantitative estimate of drug-likeness (QED) is 0.519. The van der Waals surface area contributed by atoms with Crippen LogP contribution in [0, 0.1) is 13.8 Å². The van der Waals surface area contributed by atoms with Gasteiger partial charge in [-0.3, -0.25) is 19.1 Å². The lowest BCUT2D eigenvalue weighted by atomic mass is 9.89. The van der Waals surface area contributed by atoms with Crippen LogP contribution in [0.3, 0.4) is 0 Å². The van der Waals surface area contributed by atoms with E-state index in [1.807, 2.05) is 39.0 Å². The molecule has 0 saturated heterocycles. The standard InChI is InChI=1S/C23H29N7O2/c1-14-11-27-21(28-13-23(4,5)19-8-6-7-9-25-19)22(32)30(14)18-10-17(12-26-16(3)31)15(2)29-20(18)24/h6-11H,12-13H2,1-5H3,(H2,24,29)(H,26,31)(H,27,28). The van der Waals surface area contributed by atoms with Gasteiger partial charge >= 0.3 is 0 Å². The number of rotatable bonds is 7. The van der Waals surface area contributed by atoms with Crippen molar-refractivity contribution in [2.75, 3.05) is 17.6 Å². The van der Waals surface area contributed by atoms with Crippen LogP contribution >= 0.6 is 0 Å². The van der Waals surface area contributed by atoms with E-state index < -0.39 is 0 Å². The molecule has 3 heterocycles. The Hall–Kier alpha value is -3.75. The number of carbonyl (C=O) groups excluding carboxylic acids is 1. The Kier molecular flexibility index (Phi) is 6.57. The number of anilines is 2. The molecule has 3 aromatic rings. The van der Waals surface area contributed by atoms with Crippen LogP contribution in [0.5, 0.6) is 0 Å². The highest BCUT2D eigenvalue weighted by atomic mass is 16.1. The van der Waals surface area contributed by atoms with Gasteiger partial charge in [0, 0.05) is 54.9 Å². The predicted molar refractivity (Wildman–Crippen MR) is 125 cm³/mol. The molecule has 0 unspecified atom stereocenters. The highest BCUT2D eigenvalue weighted by Crippen LogP contribution is 2.22. The van der Waals surface area contributed by atoms with E-state index >= 15 is 0 Å². The van der Waals surface area contributed by atoms with Crippen LogP contribution < -0.4 is 21.9 Å². The minimum Gasteiger partial charge on any atom is -0.382 e. The molecule has 0 aliphatic heterocycles. The SMILES string of the molecule is CC(=O)NCc1cc(-n2c(C)cnc(NCC(C)(C)c3ccccn3)c2=O)c(N)nc1C. The zero-order chi connectivity index (χ0) is 23.5. The third kappa shape index (κ3) is 4.93. The van der Waals surface area contributed by atoms with Gasteiger partial charge in [0.15, 0.2) is 5.82 Å². The van der Waals surface area contributed by atoms with Crippen molar-refractivity contribution in [3.8, 4) is 5.69 Å². The summed E-state index contributed by atoms with van der Waals surface area (Å²) in [5.74, 6) is 0.287. The molecule has 9 heteroatoms. The van der Waals surface area contributed by atoms with Crippen molar-refractivity contribution < 1.29 is 4.79 Å². The third-order valence-electron chi connectivity index (χ3n) is 5.29. The van der Waals surface area contributed by atoms with Gasteiger partial charge in [-0.1, -0.05) is 19.9 Å². The summed E-state index contributed by atoms with van der Waals surface area (Å²) in [6.07, 6.45) is 3.37. The van der Waals surface area contributed by atoms with Crippen LogP contribution in [0.2, 0.25) is 0 Å². The van der Waals surface area contributed by atoms with Gasteiger partial charge < -0.3 is 16.4 Å². The molecule has 9 nitrogen and oxygen atoms in total. The lowest BCUT2D eigenvalue weighted by Crippen LogP contribution is -2.33. The highest BCUT2D eigenvalue weighted by Gasteiger charge is 2.23. The zero-order valence-electron chi connectivity index (χ0n) is 19.1. The van der Waals surface area contributed by atoms with E-state index in [1.165, 1.54) is 11.5 Å². The molecular formula is C23H29N7O2. The molecule has 0 aromatic carbocycles. The second-order valence-electron chi connectivity index (χ2n) is 8.39. The molecule has 0 fully saturated rings. The van der Waals surface area contributed by atoms with E-state index in [0.717, 1.165) is 11.3 Å². The number of aryl methyl sites for hydroxylation is 2. The summed E-state index contributed by atoms with van der Waals surface area (Å²) in [6.45, 7) is 9.89. The van der Waals surface area contributed by atoms with Gasteiger partial charge in [0.2, 0.25) is 5.91 Å². The monoisotopic (exact) mass is 435 g/mol. The second kappa shape index (κ2) is 9.17. The molecule has 0 spiro atoms. The minimum atomic E-state index is -0.329. The predicted octanol–water partition coefficient (Wildman–Crippen LogP) is 2.25. The fraction of sp³-hybridized carbons (Fsp3) is 0.348. The summed E-state index contributed by atoms with van der Waals surface area (Å²) in [4.78, 5) is 37.8. The molecule has 0 radical (unpaired) electrons. The smallest absolute Gasteiger partial charge is 0.298 e. The number of hydrogen-bond donors (Lipinski definition) is 3. The third-order valence-corrected chi connectivity index (χ3v) is 5.29. The number of nitrogens with one attached hydrogen (secondary N) is 2. The maximum atomic E-state index is 13.3. The Morgan fingerprint density at radius 1 is 1.22 bits per heavy atom. The van der Waals surface area contributed by atoms with Crippen LogP contribution in [-0.2, 0) is 16.8 Å². The maximum absolute atomic E-state index is 13.3. The Labute approximate surface area is 187 Å². The Morgan fingerprint density at radius 3 is 2.62 bits per heavy atom. The first kappa shape index (κ1) is 22.9. The lowest BCUT2D eigenvalue weighted by molar-refractivity contribution is -0.119. The van der Waals surface area contributed by atoms with Gasteiger partial charge in [-0.05, 0) is 37.6 Å². The maximum Gasteiger partial charge on any atom is 0.298 e. The molecule has 32 heavy (non-hydrogen) atoms. The number of hydrogen-bond acceptors (Lipinski definition) is 7. The molecule has 0 aliphatic carbocycles. The summed E-state index contributed by atoms with van der Waals surface area (Å²) < 4.78 is 1.49. The number of nitrogen functional groups attached to an aromatic ring is 1. The molecule has 3 aromatic heterocycles. The van der Waals surface area contributed by atoms with Crippen molar-refractivity contribution in [2.24, 2.45) is 0 Å². The van der Waals surface area contributed by atoms with Gasteiger partial charge in [0.1, 0.15) is 5.82 Å². The number of nitrogens with two attached hydrogens (primary N) is 1. The van der Waals surface area contributed by atoms with Crippen molar-refractivity contribution >= 4 is 17.5 Å². The van der Waals surface area contributed by atoms with Crippen LogP contribution in [0.25, 0.3) is 5.69 Å². The number of nitrogens with zero attached hydrogens (tertiary/aromatic N) is 4. The van der Waals surface area contributed by atoms with E-state index in [1.54, 1.807) is 25.4 Å². The first-order valence-electron chi connectivity index (χ1n) is 10.3. The summed E-state index contributed by atoms with van der Waals surface area (Å²) >= 11 is 0. The average molecular weight is 436 g/mol. The van der Waals surface area contributed by atoms with Gasteiger partial charge in [-0.25, -0.2) is 9.97 Å². The van der Waals surface area contributed by atoms with Gasteiger partial charge in [0.05, 0.1) is 5.69 Å². The average Bonchev–Trinajstić information content (AvgIpc) is 2.74.